The van der Waals surface area contributed by atoms with Crippen LogP contribution in [0.2, 0.25) is 0 Å². The summed E-state index contributed by atoms with van der Waals surface area (Å²) in [7, 11) is -7.04. The van der Waals surface area contributed by atoms with Crippen LogP contribution in [0.25, 0.3) is 0 Å². The second-order valence-corrected chi connectivity index (χ2v) is 13.6. The van der Waals surface area contributed by atoms with Crippen molar-refractivity contribution in [3.8, 4) is 0 Å². The van der Waals surface area contributed by atoms with Crippen molar-refractivity contribution in [3.05, 3.63) is 0 Å². The van der Waals surface area contributed by atoms with Gasteiger partial charge in [-0.25, -0.2) is 8.42 Å². The van der Waals surface area contributed by atoms with E-state index < -0.39 is 27.6 Å². The van der Waals surface area contributed by atoms with Gasteiger partial charge in [0.1, 0.15) is 0 Å². The van der Waals surface area contributed by atoms with Gasteiger partial charge in [-0.2, -0.15) is 9.93 Å². The second kappa shape index (κ2) is 7.75. The lowest BCUT2D eigenvalue weighted by Gasteiger charge is -2.31. The van der Waals surface area contributed by atoms with Gasteiger partial charge in [0.2, 0.25) is 0 Å². The smallest absolute Gasteiger partial charge is 0.373 e. The Hall–Kier alpha value is 0.397. The monoisotopic (exact) mass is 304 g/mol. The van der Waals surface area contributed by atoms with Crippen molar-refractivity contribution in [2.45, 2.75) is 20.8 Å². The van der Waals surface area contributed by atoms with E-state index in [1.54, 1.807) is 6.26 Å². The summed E-state index contributed by atoms with van der Waals surface area (Å²) in [5, 5.41) is 0.372. The Balaban J connectivity index is 4.88. The molecular weight excluding hydrogens is 280 g/mol. The highest BCUT2D eigenvalue weighted by Gasteiger charge is 2.43. The maximum Gasteiger partial charge on any atom is 0.510 e. The molecule has 0 aromatic carbocycles. The molecule has 0 radical (unpaired) electrons. The minimum atomic E-state index is -3.03. The Morgan fingerprint density at radius 1 is 1.00 bits per heavy atom. The summed E-state index contributed by atoms with van der Waals surface area (Å²) in [5.41, 5.74) is 0. The van der Waals surface area contributed by atoms with Gasteiger partial charge in [0.25, 0.3) is 0 Å². The first kappa shape index (κ1) is 17.4. The van der Waals surface area contributed by atoms with E-state index in [-0.39, 0.29) is 0 Å². The van der Waals surface area contributed by atoms with Gasteiger partial charge in [-0.1, -0.05) is 0 Å². The van der Waals surface area contributed by atoms with Crippen LogP contribution in [0.15, 0.2) is 0 Å². The molecule has 106 valence electrons. The van der Waals surface area contributed by atoms with Crippen LogP contribution in [-0.4, -0.2) is 54.9 Å². The van der Waals surface area contributed by atoms with Gasteiger partial charge in [0.15, 0.2) is 8.87 Å². The number of thiol groups is 1. The lowest BCUT2D eigenvalue weighted by Crippen LogP contribution is -2.50. The van der Waals surface area contributed by atoms with Crippen molar-refractivity contribution in [1.29, 1.82) is 0 Å². The van der Waals surface area contributed by atoms with Crippen molar-refractivity contribution in [3.63, 3.8) is 0 Å². The molecule has 0 aromatic heterocycles. The van der Waals surface area contributed by atoms with Crippen LogP contribution in [0.1, 0.15) is 20.8 Å². The fourth-order valence-electron chi connectivity index (χ4n) is 1.31. The molecule has 0 N–H and O–H groups in total. The van der Waals surface area contributed by atoms with E-state index in [2.05, 4.69) is 0 Å². The molecule has 0 saturated heterocycles. The molecule has 1 unspecified atom stereocenters. The molecule has 0 aliphatic carbocycles. The van der Waals surface area contributed by atoms with E-state index in [1.165, 1.54) is 6.26 Å². The Morgan fingerprint density at radius 3 is 1.59 bits per heavy atom. The van der Waals surface area contributed by atoms with Crippen LogP contribution >= 0.6 is 9.93 Å². The Labute approximate surface area is 108 Å². The zero-order valence-electron chi connectivity index (χ0n) is 11.2. The van der Waals surface area contributed by atoms with Crippen LogP contribution in [0.4, 0.5) is 0 Å². The molecule has 1 atom stereocenters. The minimum Gasteiger partial charge on any atom is -0.373 e. The van der Waals surface area contributed by atoms with Crippen molar-refractivity contribution in [2.24, 2.45) is 0 Å². The third kappa shape index (κ3) is 6.21. The van der Waals surface area contributed by atoms with Crippen molar-refractivity contribution in [2.75, 3.05) is 37.7 Å². The fourth-order valence-corrected chi connectivity index (χ4v) is 10.6. The van der Waals surface area contributed by atoms with Crippen molar-refractivity contribution in [1.82, 2.24) is 0 Å². The molecule has 0 aliphatic heterocycles. The molecule has 5 nitrogen and oxygen atoms in total. The summed E-state index contributed by atoms with van der Waals surface area (Å²) >= 11 is 0. The molecule has 0 aliphatic rings. The SMILES string of the molecule is CCO[Si](C[SH](C)S(C)(=O)=O)(OCC)OCC. The topological polar surface area (TPSA) is 61.8 Å². The van der Waals surface area contributed by atoms with E-state index >= 15 is 0 Å². The van der Waals surface area contributed by atoms with Gasteiger partial charge in [0, 0.05) is 26.1 Å². The normalized spacial score (nSPS) is 15.9. The molecule has 0 bridgehead atoms. The quantitative estimate of drug-likeness (QED) is 0.393. The summed E-state index contributed by atoms with van der Waals surface area (Å²) in [6.45, 7) is 6.99. The molecule has 0 amide bonds. The van der Waals surface area contributed by atoms with E-state index in [1.807, 2.05) is 20.8 Å². The molecule has 0 aromatic rings. The van der Waals surface area contributed by atoms with Crippen molar-refractivity contribution < 1.29 is 21.7 Å². The van der Waals surface area contributed by atoms with Gasteiger partial charge in [0.05, 0.1) is 5.38 Å². The summed E-state index contributed by atoms with van der Waals surface area (Å²) in [6, 6.07) is 0. The van der Waals surface area contributed by atoms with Crippen LogP contribution in [0, 0.1) is 0 Å². The Morgan fingerprint density at radius 2 is 1.35 bits per heavy atom. The molecule has 8 heteroatoms. The number of hydrogen-bond donors (Lipinski definition) is 1. The average molecular weight is 305 g/mol. The van der Waals surface area contributed by atoms with E-state index in [4.69, 9.17) is 13.3 Å². The summed E-state index contributed by atoms with van der Waals surface area (Å²) in [4.78, 5) is 0. The molecule has 0 fully saturated rings. The Kier molecular flexibility index (Phi) is 7.93. The lowest BCUT2D eigenvalue weighted by molar-refractivity contribution is 0.0773. The number of hydrogen-bond acceptors (Lipinski definition) is 5. The predicted octanol–water partition coefficient (Wildman–Crippen LogP) is 1.16. The van der Waals surface area contributed by atoms with Gasteiger partial charge in [-0.05, 0) is 27.0 Å². The standard InChI is InChI=1S/C9H24O5S2Si/c1-6-12-17(13-7-2,14-8-3)9-15(4)16(5,10)11/h15H,6-9H2,1-5H3. The fraction of sp³-hybridized carbons (Fsp3) is 1.00. The van der Waals surface area contributed by atoms with E-state index in [0.717, 1.165) is 0 Å². The van der Waals surface area contributed by atoms with Crippen molar-refractivity contribution >= 4 is 27.6 Å². The maximum absolute atomic E-state index is 11.5. The first-order chi connectivity index (χ1) is 7.81. The highest BCUT2D eigenvalue weighted by atomic mass is 33.2. The molecule has 0 spiro atoms. The first-order valence-electron chi connectivity index (χ1n) is 5.64. The van der Waals surface area contributed by atoms with Crippen LogP contribution < -0.4 is 0 Å². The van der Waals surface area contributed by atoms with Crippen LogP contribution in [-0.2, 0) is 22.1 Å². The predicted molar refractivity (Wildman–Crippen MR) is 75.3 cm³/mol. The molecule has 0 heterocycles. The molecular formula is C9H24O5S2Si. The van der Waals surface area contributed by atoms with Gasteiger partial charge in [-0.15, -0.1) is 0 Å². The molecule has 0 rings (SSSR count). The third-order valence-corrected chi connectivity index (χ3v) is 13.3. The van der Waals surface area contributed by atoms with E-state index in [0.29, 0.717) is 25.2 Å². The zero-order valence-corrected chi connectivity index (χ0v) is 13.9. The third-order valence-electron chi connectivity index (χ3n) is 2.08. The highest BCUT2D eigenvalue weighted by molar-refractivity contribution is 8.80. The largest absolute Gasteiger partial charge is 0.510 e. The van der Waals surface area contributed by atoms with Crippen LogP contribution in [0.3, 0.4) is 0 Å². The second-order valence-electron chi connectivity index (χ2n) is 3.50. The van der Waals surface area contributed by atoms with Gasteiger partial charge < -0.3 is 13.3 Å². The summed E-state index contributed by atoms with van der Waals surface area (Å²) < 4.78 is 39.9. The zero-order chi connectivity index (χ0) is 13.5. The first-order valence-corrected chi connectivity index (χ1v) is 12.0. The molecule has 17 heavy (non-hydrogen) atoms. The average Bonchev–Trinajstić information content (AvgIpc) is 2.17. The number of rotatable bonds is 9. The molecule has 0 saturated carbocycles. The Bertz CT molecular complexity index is 289. The van der Waals surface area contributed by atoms with Crippen LogP contribution in [0.5, 0.6) is 0 Å². The summed E-state index contributed by atoms with van der Waals surface area (Å²) in [5.74, 6) is 0. The summed E-state index contributed by atoms with van der Waals surface area (Å²) in [6.07, 6.45) is 2.98. The lowest BCUT2D eigenvalue weighted by atomic mass is 10.9. The van der Waals surface area contributed by atoms with Gasteiger partial charge >= 0.3 is 8.80 Å². The minimum absolute atomic E-state index is 0.372. The van der Waals surface area contributed by atoms with Gasteiger partial charge in [-0.3, -0.25) is 0 Å². The maximum atomic E-state index is 11.5. The van der Waals surface area contributed by atoms with E-state index in [9.17, 15) is 8.42 Å². The highest BCUT2D eigenvalue weighted by Crippen LogP contribution is 2.32.